The molecule has 0 bridgehead atoms. The van der Waals surface area contributed by atoms with E-state index in [0.29, 0.717) is 30.2 Å². The van der Waals surface area contributed by atoms with Gasteiger partial charge in [0.1, 0.15) is 11.4 Å². The van der Waals surface area contributed by atoms with Gasteiger partial charge in [-0.2, -0.15) is 9.97 Å². The molecule has 0 radical (unpaired) electrons. The number of hydrogen-bond donors (Lipinski definition) is 3. The number of aromatic nitrogens is 2. The SMILES string of the molecule is Nc1nc(N)c2c(n1)O[C@]1(CCN(Cc3cccc(C(=O)O)c3)C1)C2. The van der Waals surface area contributed by atoms with E-state index >= 15 is 0 Å². The van der Waals surface area contributed by atoms with Gasteiger partial charge in [0.25, 0.3) is 0 Å². The lowest BCUT2D eigenvalue weighted by Gasteiger charge is -2.23. The third kappa shape index (κ3) is 2.85. The number of carbonyl (C=O) groups is 1. The molecule has 5 N–H and O–H groups in total. The van der Waals surface area contributed by atoms with Gasteiger partial charge in [0.15, 0.2) is 0 Å². The Morgan fingerprint density at radius 1 is 1.36 bits per heavy atom. The fraction of sp³-hybridized carbons (Fsp3) is 0.353. The predicted molar refractivity (Wildman–Crippen MR) is 91.2 cm³/mol. The highest BCUT2D eigenvalue weighted by atomic mass is 16.5. The van der Waals surface area contributed by atoms with Crippen molar-refractivity contribution in [1.29, 1.82) is 0 Å². The maximum Gasteiger partial charge on any atom is 0.335 e. The van der Waals surface area contributed by atoms with E-state index in [1.165, 1.54) is 0 Å². The number of aromatic carboxylic acids is 1. The zero-order valence-corrected chi connectivity index (χ0v) is 13.6. The minimum absolute atomic E-state index is 0.119. The number of likely N-dealkylation sites (tertiary alicyclic amines) is 1. The van der Waals surface area contributed by atoms with Crippen molar-refractivity contribution in [1.82, 2.24) is 14.9 Å². The molecule has 0 unspecified atom stereocenters. The van der Waals surface area contributed by atoms with Gasteiger partial charge in [0, 0.05) is 32.5 Å². The number of hydrogen-bond acceptors (Lipinski definition) is 7. The lowest BCUT2D eigenvalue weighted by Crippen LogP contribution is -2.37. The third-order valence-electron chi connectivity index (χ3n) is 4.81. The fourth-order valence-corrected chi connectivity index (χ4v) is 3.66. The molecule has 2 aliphatic rings. The van der Waals surface area contributed by atoms with Crippen molar-refractivity contribution in [2.75, 3.05) is 24.6 Å². The van der Waals surface area contributed by atoms with Crippen LogP contribution in [0.2, 0.25) is 0 Å². The van der Waals surface area contributed by atoms with Crippen LogP contribution in [0.4, 0.5) is 11.8 Å². The first-order valence-electron chi connectivity index (χ1n) is 8.10. The molecule has 2 aromatic rings. The summed E-state index contributed by atoms with van der Waals surface area (Å²) in [4.78, 5) is 21.5. The third-order valence-corrected chi connectivity index (χ3v) is 4.81. The highest BCUT2D eigenvalue weighted by Crippen LogP contribution is 2.41. The maximum atomic E-state index is 11.1. The molecular weight excluding hydrogens is 322 g/mol. The number of anilines is 2. The Bertz CT molecular complexity index is 856. The summed E-state index contributed by atoms with van der Waals surface area (Å²) in [5.74, 6) is 0.0707. The van der Waals surface area contributed by atoms with E-state index in [9.17, 15) is 4.79 Å². The van der Waals surface area contributed by atoms with Gasteiger partial charge in [-0.3, -0.25) is 4.90 Å². The molecule has 1 aromatic heterocycles. The molecule has 8 nitrogen and oxygen atoms in total. The van der Waals surface area contributed by atoms with Crippen molar-refractivity contribution in [3.63, 3.8) is 0 Å². The van der Waals surface area contributed by atoms with E-state index in [2.05, 4.69) is 14.9 Å². The molecule has 130 valence electrons. The molecule has 0 aliphatic carbocycles. The van der Waals surface area contributed by atoms with Crippen LogP contribution in [0.5, 0.6) is 5.88 Å². The van der Waals surface area contributed by atoms with Gasteiger partial charge in [-0.1, -0.05) is 12.1 Å². The summed E-state index contributed by atoms with van der Waals surface area (Å²) in [6.07, 6.45) is 1.52. The van der Waals surface area contributed by atoms with Crippen molar-refractivity contribution >= 4 is 17.7 Å². The van der Waals surface area contributed by atoms with Crippen LogP contribution in [-0.4, -0.2) is 44.6 Å². The predicted octanol–water partition coefficient (Wildman–Crippen LogP) is 0.919. The highest BCUT2D eigenvalue weighted by molar-refractivity contribution is 5.87. The van der Waals surface area contributed by atoms with Crippen molar-refractivity contribution in [3.05, 3.63) is 41.0 Å². The van der Waals surface area contributed by atoms with E-state index < -0.39 is 5.97 Å². The number of carboxylic acids is 1. The van der Waals surface area contributed by atoms with Crippen molar-refractivity contribution in [2.45, 2.75) is 25.0 Å². The van der Waals surface area contributed by atoms with Crippen molar-refractivity contribution in [3.8, 4) is 5.88 Å². The molecular formula is C17H19N5O3. The summed E-state index contributed by atoms with van der Waals surface area (Å²) >= 11 is 0. The maximum absolute atomic E-state index is 11.1. The van der Waals surface area contributed by atoms with Crippen LogP contribution in [0, 0.1) is 0 Å². The first kappa shape index (κ1) is 15.6. The Balaban J connectivity index is 1.48. The average Bonchev–Trinajstić information content (AvgIpc) is 3.11. The van der Waals surface area contributed by atoms with Gasteiger partial charge in [-0.05, 0) is 17.7 Å². The standard InChI is InChI=1S/C17H19N5O3/c18-13-12-7-17(25-14(12)21-16(19)20-13)4-5-22(9-17)8-10-2-1-3-11(6-10)15(23)24/h1-3,6H,4-5,7-9H2,(H,23,24)(H4,18,19,20,21)/t17-/m1/s1. The highest BCUT2D eigenvalue weighted by Gasteiger charge is 2.46. The number of benzene rings is 1. The fourth-order valence-electron chi connectivity index (χ4n) is 3.66. The first-order valence-corrected chi connectivity index (χ1v) is 8.10. The molecule has 4 rings (SSSR count). The molecule has 8 heteroatoms. The minimum Gasteiger partial charge on any atom is -0.478 e. The van der Waals surface area contributed by atoms with E-state index in [1.54, 1.807) is 18.2 Å². The van der Waals surface area contributed by atoms with E-state index in [4.69, 9.17) is 21.3 Å². The van der Waals surface area contributed by atoms with Crippen molar-refractivity contribution in [2.24, 2.45) is 0 Å². The van der Waals surface area contributed by atoms with Crippen LogP contribution in [0.25, 0.3) is 0 Å². The molecule has 1 fully saturated rings. The molecule has 1 atom stereocenters. The van der Waals surface area contributed by atoms with Crippen LogP contribution in [0.1, 0.15) is 27.9 Å². The molecule has 0 saturated carbocycles. The van der Waals surface area contributed by atoms with Crippen LogP contribution >= 0.6 is 0 Å². The number of fused-ring (bicyclic) bond motifs is 1. The smallest absolute Gasteiger partial charge is 0.335 e. The normalized spacial score (nSPS) is 22.1. The van der Waals surface area contributed by atoms with Gasteiger partial charge in [-0.15, -0.1) is 0 Å². The second-order valence-corrected chi connectivity index (χ2v) is 6.68. The Morgan fingerprint density at radius 3 is 3.00 bits per heavy atom. The van der Waals surface area contributed by atoms with Crippen molar-refractivity contribution < 1.29 is 14.6 Å². The quantitative estimate of drug-likeness (QED) is 0.752. The van der Waals surface area contributed by atoms with E-state index in [0.717, 1.165) is 30.6 Å². The zero-order valence-electron chi connectivity index (χ0n) is 13.6. The summed E-state index contributed by atoms with van der Waals surface area (Å²) in [5, 5.41) is 9.12. The summed E-state index contributed by atoms with van der Waals surface area (Å²) in [6, 6.07) is 7.01. The topological polar surface area (TPSA) is 128 Å². The van der Waals surface area contributed by atoms with E-state index in [-0.39, 0.29) is 11.5 Å². The van der Waals surface area contributed by atoms with Crippen LogP contribution in [0.15, 0.2) is 24.3 Å². The number of carboxylic acid groups (broad SMARTS) is 1. The Hall–Kier alpha value is -2.87. The number of nitrogen functional groups attached to an aromatic ring is 2. The van der Waals surface area contributed by atoms with Gasteiger partial charge in [0.05, 0.1) is 11.1 Å². The van der Waals surface area contributed by atoms with Crippen LogP contribution in [-0.2, 0) is 13.0 Å². The Morgan fingerprint density at radius 2 is 2.20 bits per heavy atom. The van der Waals surface area contributed by atoms with Crippen LogP contribution < -0.4 is 16.2 Å². The molecule has 3 heterocycles. The lowest BCUT2D eigenvalue weighted by molar-refractivity contribution is 0.0696. The summed E-state index contributed by atoms with van der Waals surface area (Å²) in [7, 11) is 0. The number of nitrogens with two attached hydrogens (primary N) is 2. The van der Waals surface area contributed by atoms with Gasteiger partial charge in [0.2, 0.25) is 11.8 Å². The molecule has 1 aromatic carbocycles. The monoisotopic (exact) mass is 341 g/mol. The van der Waals surface area contributed by atoms with Crippen LogP contribution in [0.3, 0.4) is 0 Å². The average molecular weight is 341 g/mol. The molecule has 1 saturated heterocycles. The van der Waals surface area contributed by atoms with E-state index in [1.807, 2.05) is 6.07 Å². The summed E-state index contributed by atoms with van der Waals surface area (Å²) in [5.41, 5.74) is 13.3. The number of nitrogens with zero attached hydrogens (tertiary/aromatic N) is 3. The molecule has 0 amide bonds. The summed E-state index contributed by atoms with van der Waals surface area (Å²) in [6.45, 7) is 2.25. The number of ether oxygens (including phenoxy) is 1. The lowest BCUT2D eigenvalue weighted by atomic mass is 9.97. The second kappa shape index (κ2) is 5.59. The first-order chi connectivity index (χ1) is 11.9. The van der Waals surface area contributed by atoms with Gasteiger partial charge >= 0.3 is 5.97 Å². The van der Waals surface area contributed by atoms with Gasteiger partial charge in [-0.25, -0.2) is 4.79 Å². The number of rotatable bonds is 3. The minimum atomic E-state index is -0.916. The van der Waals surface area contributed by atoms with Gasteiger partial charge < -0.3 is 21.3 Å². The second-order valence-electron chi connectivity index (χ2n) is 6.68. The largest absolute Gasteiger partial charge is 0.478 e. The summed E-state index contributed by atoms with van der Waals surface area (Å²) < 4.78 is 6.10. The molecule has 1 spiro atoms. The zero-order chi connectivity index (χ0) is 17.6. The molecule has 2 aliphatic heterocycles. The Kier molecular flexibility index (Phi) is 3.50. The Labute approximate surface area is 144 Å². The molecule has 25 heavy (non-hydrogen) atoms.